The molecule has 0 atom stereocenters. The second-order valence-electron chi connectivity index (χ2n) is 2.74. The molecule has 1 aromatic heterocycles. The SMILES string of the molecule is Oc1cnc2c(F)cc(F)c(Br)c2c1. The van der Waals surface area contributed by atoms with Crippen LogP contribution < -0.4 is 0 Å². The topological polar surface area (TPSA) is 33.1 Å². The quantitative estimate of drug-likeness (QED) is 0.738. The molecule has 0 aliphatic carbocycles. The minimum atomic E-state index is -0.749. The van der Waals surface area contributed by atoms with Gasteiger partial charge in [-0.3, -0.25) is 0 Å². The first-order valence-corrected chi connectivity index (χ1v) is 4.51. The summed E-state index contributed by atoms with van der Waals surface area (Å²) < 4.78 is 26.3. The average molecular weight is 260 g/mol. The summed E-state index contributed by atoms with van der Waals surface area (Å²) in [7, 11) is 0. The van der Waals surface area contributed by atoms with E-state index in [1.807, 2.05) is 0 Å². The van der Waals surface area contributed by atoms with Crippen molar-refractivity contribution >= 4 is 26.8 Å². The van der Waals surface area contributed by atoms with Gasteiger partial charge < -0.3 is 5.11 Å². The molecule has 72 valence electrons. The molecule has 2 nitrogen and oxygen atoms in total. The zero-order chi connectivity index (χ0) is 10.3. The lowest BCUT2D eigenvalue weighted by Crippen LogP contribution is -1.89. The summed E-state index contributed by atoms with van der Waals surface area (Å²) in [6.45, 7) is 0. The third-order valence-corrected chi connectivity index (χ3v) is 2.61. The zero-order valence-corrected chi connectivity index (χ0v) is 8.35. The van der Waals surface area contributed by atoms with Crippen molar-refractivity contribution in [2.75, 3.05) is 0 Å². The number of hydrogen-bond donors (Lipinski definition) is 1. The number of nitrogens with zero attached hydrogens (tertiary/aromatic N) is 1. The molecule has 2 aromatic rings. The predicted molar refractivity (Wildman–Crippen MR) is 51.0 cm³/mol. The van der Waals surface area contributed by atoms with Gasteiger partial charge in [0.2, 0.25) is 0 Å². The molecular formula is C9H4BrF2NO. The van der Waals surface area contributed by atoms with Crippen molar-refractivity contribution in [3.8, 4) is 5.75 Å². The van der Waals surface area contributed by atoms with E-state index >= 15 is 0 Å². The standard InChI is InChI=1S/C9H4BrF2NO/c10-8-5-1-4(14)3-13-9(5)7(12)2-6(8)11/h1-3,14H. The van der Waals surface area contributed by atoms with E-state index < -0.39 is 11.6 Å². The number of aromatic hydroxyl groups is 1. The molecular weight excluding hydrogens is 256 g/mol. The van der Waals surface area contributed by atoms with Gasteiger partial charge in [0.1, 0.15) is 17.1 Å². The van der Waals surface area contributed by atoms with Gasteiger partial charge in [-0.25, -0.2) is 13.8 Å². The van der Waals surface area contributed by atoms with E-state index in [1.165, 1.54) is 6.07 Å². The number of fused-ring (bicyclic) bond motifs is 1. The summed E-state index contributed by atoms with van der Waals surface area (Å²) in [4.78, 5) is 3.66. The fourth-order valence-electron chi connectivity index (χ4n) is 1.18. The van der Waals surface area contributed by atoms with Crippen LogP contribution in [-0.2, 0) is 0 Å². The van der Waals surface area contributed by atoms with E-state index in [1.54, 1.807) is 0 Å². The van der Waals surface area contributed by atoms with Crippen molar-refractivity contribution in [3.63, 3.8) is 0 Å². The molecule has 0 unspecified atom stereocenters. The largest absolute Gasteiger partial charge is 0.506 e. The van der Waals surface area contributed by atoms with Crippen LogP contribution in [-0.4, -0.2) is 10.1 Å². The smallest absolute Gasteiger partial charge is 0.152 e. The lowest BCUT2D eigenvalue weighted by molar-refractivity contribution is 0.473. The average Bonchev–Trinajstić information content (AvgIpc) is 2.14. The van der Waals surface area contributed by atoms with Crippen molar-refractivity contribution in [1.29, 1.82) is 0 Å². The van der Waals surface area contributed by atoms with Crippen LogP contribution in [0.3, 0.4) is 0 Å². The van der Waals surface area contributed by atoms with Crippen LogP contribution >= 0.6 is 15.9 Å². The Morgan fingerprint density at radius 2 is 1.93 bits per heavy atom. The maximum Gasteiger partial charge on any atom is 0.152 e. The third-order valence-electron chi connectivity index (χ3n) is 1.80. The van der Waals surface area contributed by atoms with Crippen LogP contribution in [0.2, 0.25) is 0 Å². The summed E-state index contributed by atoms with van der Waals surface area (Å²) in [5.74, 6) is -1.61. The molecule has 0 saturated carbocycles. The second kappa shape index (κ2) is 3.16. The van der Waals surface area contributed by atoms with Crippen LogP contribution in [0, 0.1) is 11.6 Å². The highest BCUT2D eigenvalue weighted by Gasteiger charge is 2.11. The molecule has 2 rings (SSSR count). The maximum absolute atomic E-state index is 13.2. The van der Waals surface area contributed by atoms with E-state index in [-0.39, 0.29) is 21.1 Å². The fraction of sp³-hybridized carbons (Fsp3) is 0. The molecule has 1 N–H and O–H groups in total. The minimum absolute atomic E-state index is 0.0241. The molecule has 5 heteroatoms. The first kappa shape index (κ1) is 9.33. The van der Waals surface area contributed by atoms with Crippen LogP contribution in [0.5, 0.6) is 5.75 Å². The highest BCUT2D eigenvalue weighted by atomic mass is 79.9. The first-order valence-electron chi connectivity index (χ1n) is 3.72. The molecule has 1 aromatic carbocycles. The molecule has 0 spiro atoms. The Hall–Kier alpha value is -1.23. The highest BCUT2D eigenvalue weighted by molar-refractivity contribution is 9.10. The van der Waals surface area contributed by atoms with Gasteiger partial charge in [-0.2, -0.15) is 0 Å². The molecule has 0 amide bonds. The number of halogens is 3. The first-order chi connectivity index (χ1) is 6.59. The summed E-state index contributed by atoms with van der Waals surface area (Å²) >= 11 is 2.96. The van der Waals surface area contributed by atoms with E-state index in [4.69, 9.17) is 5.11 Å². The van der Waals surface area contributed by atoms with Gasteiger partial charge in [-0.05, 0) is 22.0 Å². The number of pyridine rings is 1. The Balaban J connectivity index is 2.95. The summed E-state index contributed by atoms with van der Waals surface area (Å²) in [5, 5.41) is 9.32. The fourth-order valence-corrected chi connectivity index (χ4v) is 1.60. The number of rotatable bonds is 0. The molecule has 0 saturated heterocycles. The lowest BCUT2D eigenvalue weighted by Gasteiger charge is -2.02. The lowest BCUT2D eigenvalue weighted by atomic mass is 10.2. The van der Waals surface area contributed by atoms with Crippen LogP contribution in [0.4, 0.5) is 8.78 Å². The summed E-state index contributed by atoms with van der Waals surface area (Å²) in [6.07, 6.45) is 1.11. The van der Waals surface area contributed by atoms with Crippen LogP contribution in [0.15, 0.2) is 22.8 Å². The molecule has 0 radical (unpaired) electrons. The van der Waals surface area contributed by atoms with E-state index in [0.717, 1.165) is 12.3 Å². The Bertz CT molecular complexity index is 516. The van der Waals surface area contributed by atoms with Crippen LogP contribution in [0.1, 0.15) is 0 Å². The molecule has 14 heavy (non-hydrogen) atoms. The van der Waals surface area contributed by atoms with E-state index in [9.17, 15) is 8.78 Å². The maximum atomic E-state index is 13.2. The van der Waals surface area contributed by atoms with Crippen molar-refractivity contribution in [3.05, 3.63) is 34.4 Å². The third kappa shape index (κ3) is 1.33. The van der Waals surface area contributed by atoms with Crippen molar-refractivity contribution in [1.82, 2.24) is 4.98 Å². The zero-order valence-electron chi connectivity index (χ0n) is 6.76. The van der Waals surface area contributed by atoms with Crippen LogP contribution in [0.25, 0.3) is 10.9 Å². The van der Waals surface area contributed by atoms with Gasteiger partial charge in [0.15, 0.2) is 5.82 Å². The molecule has 0 aliphatic rings. The number of benzene rings is 1. The Kier molecular flexibility index (Phi) is 2.11. The van der Waals surface area contributed by atoms with Gasteiger partial charge in [0.25, 0.3) is 0 Å². The van der Waals surface area contributed by atoms with Gasteiger partial charge in [0, 0.05) is 11.5 Å². The predicted octanol–water partition coefficient (Wildman–Crippen LogP) is 2.98. The van der Waals surface area contributed by atoms with Gasteiger partial charge in [-0.1, -0.05) is 0 Å². The molecule has 0 bridgehead atoms. The summed E-state index contributed by atoms with van der Waals surface area (Å²) in [5.41, 5.74) is 0.0241. The highest BCUT2D eigenvalue weighted by Crippen LogP contribution is 2.29. The monoisotopic (exact) mass is 259 g/mol. The minimum Gasteiger partial charge on any atom is -0.506 e. The Labute approximate surface area is 86.3 Å². The Morgan fingerprint density at radius 3 is 2.64 bits per heavy atom. The van der Waals surface area contributed by atoms with Crippen molar-refractivity contribution in [2.45, 2.75) is 0 Å². The summed E-state index contributed by atoms with van der Waals surface area (Å²) in [6, 6.07) is 2.00. The molecule has 0 aliphatic heterocycles. The normalized spacial score (nSPS) is 10.8. The number of hydrogen-bond acceptors (Lipinski definition) is 2. The van der Waals surface area contributed by atoms with Crippen molar-refractivity contribution in [2.24, 2.45) is 0 Å². The van der Waals surface area contributed by atoms with E-state index in [2.05, 4.69) is 20.9 Å². The van der Waals surface area contributed by atoms with Gasteiger partial charge >= 0.3 is 0 Å². The Morgan fingerprint density at radius 1 is 1.21 bits per heavy atom. The van der Waals surface area contributed by atoms with Crippen molar-refractivity contribution < 1.29 is 13.9 Å². The van der Waals surface area contributed by atoms with E-state index in [0.29, 0.717) is 0 Å². The second-order valence-corrected chi connectivity index (χ2v) is 3.54. The number of aromatic nitrogens is 1. The molecule has 1 heterocycles. The molecule has 0 fully saturated rings. The van der Waals surface area contributed by atoms with Gasteiger partial charge in [0.05, 0.1) is 10.7 Å². The van der Waals surface area contributed by atoms with Gasteiger partial charge in [-0.15, -0.1) is 0 Å².